The highest BCUT2D eigenvalue weighted by molar-refractivity contribution is 6.43. The minimum absolute atomic E-state index is 0.1000. The third kappa shape index (κ3) is 6.70. The van der Waals surface area contributed by atoms with Crippen molar-refractivity contribution in [1.29, 1.82) is 0 Å². The standard InChI is InChI=1S/C25H37BN4O6/c31-23-21-14-20(36-25(33)29-15-18-10-7-8-11-19(18)16-29)17-30(21)24(32)27-13-9-5-3-1-2-4-6-12-22(28-23)26(34)35/h7-8,10-11,20-22,34-35H,1-6,9,12-17H2,(H,27,32)(H,28,31)/t20-,21+,22+/m1/s1. The van der Waals surface area contributed by atoms with Crippen LogP contribution in [0.4, 0.5) is 9.59 Å². The van der Waals surface area contributed by atoms with Crippen LogP contribution in [0.15, 0.2) is 24.3 Å². The highest BCUT2D eigenvalue weighted by atomic mass is 16.6. The normalized spacial score (nSPS) is 26.0. The third-order valence-electron chi connectivity index (χ3n) is 7.35. The largest absolute Gasteiger partial charge is 0.475 e. The van der Waals surface area contributed by atoms with Gasteiger partial charge in [0, 0.05) is 26.1 Å². The number of nitrogens with one attached hydrogen (secondary N) is 2. The minimum atomic E-state index is -1.69. The van der Waals surface area contributed by atoms with E-state index in [1.807, 2.05) is 24.3 Å². The number of hydrogen-bond donors (Lipinski definition) is 4. The molecule has 1 aromatic rings. The maximum atomic E-state index is 13.2. The number of urea groups is 1. The van der Waals surface area contributed by atoms with Gasteiger partial charge in [-0.25, -0.2) is 9.59 Å². The van der Waals surface area contributed by atoms with E-state index >= 15 is 0 Å². The van der Waals surface area contributed by atoms with Crippen LogP contribution in [0.5, 0.6) is 0 Å². The van der Waals surface area contributed by atoms with Crippen molar-refractivity contribution in [3.63, 3.8) is 0 Å². The van der Waals surface area contributed by atoms with Crippen LogP contribution in [0, 0.1) is 0 Å². The second-order valence-electron chi connectivity index (χ2n) is 10.1. The van der Waals surface area contributed by atoms with Crippen molar-refractivity contribution in [3.8, 4) is 0 Å². The average molecular weight is 500 g/mol. The molecule has 4 rings (SSSR count). The minimum Gasteiger partial charge on any atom is -0.444 e. The third-order valence-corrected chi connectivity index (χ3v) is 7.35. The molecule has 0 aromatic heterocycles. The first-order chi connectivity index (χ1) is 17.4. The van der Waals surface area contributed by atoms with Gasteiger partial charge in [-0.05, 0) is 24.0 Å². The quantitative estimate of drug-likeness (QED) is 0.459. The Morgan fingerprint density at radius 2 is 1.61 bits per heavy atom. The lowest BCUT2D eigenvalue weighted by Gasteiger charge is -2.26. The molecule has 10 nitrogen and oxygen atoms in total. The van der Waals surface area contributed by atoms with Crippen molar-refractivity contribution in [2.45, 2.75) is 89.0 Å². The summed E-state index contributed by atoms with van der Waals surface area (Å²) in [6, 6.07) is 6.59. The van der Waals surface area contributed by atoms with E-state index < -0.39 is 37.2 Å². The summed E-state index contributed by atoms with van der Waals surface area (Å²) >= 11 is 0. The molecule has 4 N–H and O–H groups in total. The fourth-order valence-corrected chi connectivity index (χ4v) is 5.28. The van der Waals surface area contributed by atoms with Crippen LogP contribution in [0.2, 0.25) is 0 Å². The van der Waals surface area contributed by atoms with Crippen LogP contribution in [-0.2, 0) is 22.6 Å². The maximum absolute atomic E-state index is 13.2. The van der Waals surface area contributed by atoms with Crippen molar-refractivity contribution in [2.24, 2.45) is 0 Å². The van der Waals surface area contributed by atoms with E-state index in [1.165, 1.54) is 4.90 Å². The number of fused-ring (bicyclic) bond motifs is 2. The van der Waals surface area contributed by atoms with E-state index in [0.717, 1.165) is 56.1 Å². The highest BCUT2D eigenvalue weighted by Crippen LogP contribution is 2.26. The van der Waals surface area contributed by atoms with Crippen LogP contribution >= 0.6 is 0 Å². The van der Waals surface area contributed by atoms with E-state index in [1.54, 1.807) is 4.90 Å². The van der Waals surface area contributed by atoms with Crippen molar-refractivity contribution < 1.29 is 29.2 Å². The Labute approximate surface area is 212 Å². The van der Waals surface area contributed by atoms with Crippen LogP contribution in [0.3, 0.4) is 0 Å². The number of nitrogens with zero attached hydrogens (tertiary/aromatic N) is 2. The van der Waals surface area contributed by atoms with Gasteiger partial charge in [-0.15, -0.1) is 0 Å². The highest BCUT2D eigenvalue weighted by Gasteiger charge is 2.43. The van der Waals surface area contributed by atoms with Crippen LogP contribution in [-0.4, -0.2) is 76.2 Å². The fraction of sp³-hybridized carbons (Fsp3) is 0.640. The van der Waals surface area contributed by atoms with Crippen LogP contribution in [0.25, 0.3) is 0 Å². The Morgan fingerprint density at radius 1 is 0.972 bits per heavy atom. The zero-order valence-corrected chi connectivity index (χ0v) is 20.7. The summed E-state index contributed by atoms with van der Waals surface area (Å²) in [5.74, 6) is -1.29. The van der Waals surface area contributed by atoms with E-state index in [0.29, 0.717) is 26.1 Å². The van der Waals surface area contributed by atoms with Crippen LogP contribution < -0.4 is 10.6 Å². The van der Waals surface area contributed by atoms with Gasteiger partial charge in [-0.1, -0.05) is 62.8 Å². The molecule has 0 bridgehead atoms. The Hall–Kier alpha value is -2.79. The smallest absolute Gasteiger partial charge is 0.444 e. The van der Waals surface area contributed by atoms with Gasteiger partial charge in [0.15, 0.2) is 0 Å². The first-order valence-electron chi connectivity index (χ1n) is 13.2. The summed E-state index contributed by atoms with van der Waals surface area (Å²) in [4.78, 5) is 42.0. The van der Waals surface area contributed by atoms with Gasteiger partial charge in [-0.3, -0.25) is 9.69 Å². The van der Waals surface area contributed by atoms with Gasteiger partial charge in [0.25, 0.3) is 0 Å². The first-order valence-corrected chi connectivity index (χ1v) is 13.2. The summed E-state index contributed by atoms with van der Waals surface area (Å²) in [7, 11) is -1.69. The second kappa shape index (κ2) is 12.4. The second-order valence-corrected chi connectivity index (χ2v) is 10.1. The first kappa shape index (κ1) is 26.3. The molecule has 3 atom stereocenters. The van der Waals surface area contributed by atoms with E-state index in [9.17, 15) is 24.4 Å². The molecule has 0 spiro atoms. The summed E-state index contributed by atoms with van der Waals surface area (Å²) in [5, 5.41) is 25.2. The molecule has 0 unspecified atom stereocenters. The summed E-state index contributed by atoms with van der Waals surface area (Å²) < 4.78 is 5.74. The number of rotatable bonds is 2. The molecular formula is C25H37BN4O6. The predicted octanol–water partition coefficient (Wildman–Crippen LogP) is 1.92. The molecule has 0 saturated carbocycles. The molecule has 2 saturated heterocycles. The van der Waals surface area contributed by atoms with Gasteiger partial charge in [0.1, 0.15) is 12.1 Å². The van der Waals surface area contributed by atoms with E-state index in [-0.39, 0.29) is 19.0 Å². The number of carbonyl (C=O) groups excluding carboxylic acids is 3. The molecule has 196 valence electrons. The lowest BCUT2D eigenvalue weighted by molar-refractivity contribution is -0.125. The topological polar surface area (TPSA) is 131 Å². The van der Waals surface area contributed by atoms with Crippen molar-refractivity contribution in [2.75, 3.05) is 13.1 Å². The van der Waals surface area contributed by atoms with Crippen LogP contribution in [0.1, 0.15) is 68.9 Å². The molecule has 3 heterocycles. The molecule has 36 heavy (non-hydrogen) atoms. The predicted molar refractivity (Wildman–Crippen MR) is 134 cm³/mol. The van der Waals surface area contributed by atoms with Gasteiger partial charge in [0.05, 0.1) is 12.5 Å². The Balaban J connectivity index is 1.42. The summed E-state index contributed by atoms with van der Waals surface area (Å²) in [6.07, 6.45) is 6.33. The number of benzene rings is 1. The molecule has 1 aromatic carbocycles. The number of carbonyl (C=O) groups is 3. The SMILES string of the molecule is O=C1N[C@H](B(O)O)CCCCCCCCCNC(=O)N2C[C@H](OC(=O)N3Cc4ccccc4C3)C[C@@H]12. The lowest BCUT2D eigenvalue weighted by atomic mass is 9.76. The maximum Gasteiger partial charge on any atom is 0.475 e. The zero-order chi connectivity index (χ0) is 25.5. The number of hydrogen-bond acceptors (Lipinski definition) is 6. The van der Waals surface area contributed by atoms with Gasteiger partial charge in [0.2, 0.25) is 5.91 Å². The summed E-state index contributed by atoms with van der Waals surface area (Å²) in [5.41, 5.74) is 2.16. The van der Waals surface area contributed by atoms with E-state index in [4.69, 9.17) is 4.74 Å². The molecule has 11 heteroatoms. The molecule has 0 aliphatic carbocycles. The van der Waals surface area contributed by atoms with Gasteiger partial charge in [-0.2, -0.15) is 0 Å². The molecule has 0 radical (unpaired) electrons. The Bertz CT molecular complexity index is 907. The number of ether oxygens (including phenoxy) is 1. The molecule has 2 fully saturated rings. The molecular weight excluding hydrogens is 463 g/mol. The Morgan fingerprint density at radius 3 is 2.28 bits per heavy atom. The summed E-state index contributed by atoms with van der Waals surface area (Å²) in [6.45, 7) is 1.54. The lowest BCUT2D eigenvalue weighted by Crippen LogP contribution is -2.54. The average Bonchev–Trinajstić information content (AvgIpc) is 3.48. The molecule has 3 aliphatic rings. The van der Waals surface area contributed by atoms with Crippen molar-refractivity contribution >= 4 is 25.1 Å². The van der Waals surface area contributed by atoms with Gasteiger partial charge < -0.3 is 30.3 Å². The molecule has 3 aliphatic heterocycles. The molecule has 4 amide bonds. The monoisotopic (exact) mass is 500 g/mol. The van der Waals surface area contributed by atoms with E-state index in [2.05, 4.69) is 10.6 Å². The fourth-order valence-electron chi connectivity index (χ4n) is 5.28. The zero-order valence-electron chi connectivity index (χ0n) is 20.7. The van der Waals surface area contributed by atoms with Gasteiger partial charge >= 0.3 is 19.2 Å². The van der Waals surface area contributed by atoms with Crippen molar-refractivity contribution in [3.05, 3.63) is 35.4 Å². The van der Waals surface area contributed by atoms with Crippen molar-refractivity contribution in [1.82, 2.24) is 20.4 Å². The number of amides is 4. The Kier molecular flexibility index (Phi) is 9.09.